The molecule has 1 heterocycles. The number of ether oxygens (including phenoxy) is 1. The Morgan fingerprint density at radius 3 is 2.45 bits per heavy atom. The van der Waals surface area contributed by atoms with Gasteiger partial charge in [-0.3, -0.25) is 0 Å². The maximum atomic E-state index is 11.9. The Labute approximate surface area is 125 Å². The Bertz CT molecular complexity index is 728. The van der Waals surface area contributed by atoms with Crippen molar-refractivity contribution in [1.82, 2.24) is 0 Å². The number of carbonyl (C=O) groups excluding carboxylic acids is 1. The third-order valence-corrected chi connectivity index (χ3v) is 3.53. The Kier molecular flexibility index (Phi) is 3.16. The molecule has 0 fully saturated rings. The number of carbonyl (C=O) groups is 1. The Morgan fingerprint density at radius 2 is 1.75 bits per heavy atom. The van der Waals surface area contributed by atoms with Gasteiger partial charge < -0.3 is 9.84 Å². The zero-order valence-electron chi connectivity index (χ0n) is 10.1. The van der Waals surface area contributed by atoms with Crippen LogP contribution in [0.4, 0.5) is 0 Å². The van der Waals surface area contributed by atoms with Crippen molar-refractivity contribution >= 4 is 40.8 Å². The van der Waals surface area contributed by atoms with Crippen molar-refractivity contribution in [2.75, 3.05) is 0 Å². The smallest absolute Gasteiger partial charge is 0.344 e. The van der Waals surface area contributed by atoms with E-state index in [0.717, 1.165) is 5.56 Å². The summed E-state index contributed by atoms with van der Waals surface area (Å²) in [4.78, 5) is 11.9. The Hall–Kier alpha value is -1.97. The lowest BCUT2D eigenvalue weighted by Crippen LogP contribution is -2.00. The van der Waals surface area contributed by atoms with Crippen LogP contribution in [-0.4, -0.2) is 11.1 Å². The number of halogens is 2. The summed E-state index contributed by atoms with van der Waals surface area (Å²) < 4.78 is 5.15. The molecule has 2 aromatic carbocycles. The van der Waals surface area contributed by atoms with Crippen LogP contribution in [0, 0.1) is 0 Å². The fourth-order valence-corrected chi connectivity index (χ4v) is 2.52. The van der Waals surface area contributed by atoms with E-state index in [1.54, 1.807) is 24.3 Å². The van der Waals surface area contributed by atoms with Crippen LogP contribution in [-0.2, 0) is 4.79 Å². The van der Waals surface area contributed by atoms with Gasteiger partial charge in [-0.15, -0.1) is 0 Å². The van der Waals surface area contributed by atoms with Crippen molar-refractivity contribution < 1.29 is 14.6 Å². The highest BCUT2D eigenvalue weighted by molar-refractivity contribution is 6.37. The van der Waals surface area contributed by atoms with Gasteiger partial charge in [0.25, 0.3) is 0 Å². The van der Waals surface area contributed by atoms with Crippen molar-refractivity contribution in [3.05, 3.63) is 57.6 Å². The van der Waals surface area contributed by atoms with Crippen molar-refractivity contribution in [3.63, 3.8) is 0 Å². The van der Waals surface area contributed by atoms with Crippen LogP contribution in [0.1, 0.15) is 11.1 Å². The molecule has 3 nitrogen and oxygen atoms in total. The fourth-order valence-electron chi connectivity index (χ4n) is 2.01. The first-order valence-electron chi connectivity index (χ1n) is 5.77. The first-order chi connectivity index (χ1) is 9.56. The van der Waals surface area contributed by atoms with Crippen LogP contribution in [0.25, 0.3) is 11.6 Å². The first-order valence-corrected chi connectivity index (χ1v) is 6.53. The number of rotatable bonds is 1. The van der Waals surface area contributed by atoms with Crippen molar-refractivity contribution in [1.29, 1.82) is 0 Å². The summed E-state index contributed by atoms with van der Waals surface area (Å²) in [5, 5.41) is 9.78. The molecule has 3 rings (SSSR count). The SMILES string of the molecule is O=C1Oc2ccccc2/C1=C\c1cc(Cl)c(O)c(Cl)c1. The maximum Gasteiger partial charge on any atom is 0.344 e. The predicted molar refractivity (Wildman–Crippen MR) is 78.1 cm³/mol. The van der Waals surface area contributed by atoms with Crippen molar-refractivity contribution in [2.45, 2.75) is 0 Å². The van der Waals surface area contributed by atoms with Gasteiger partial charge in [0.1, 0.15) is 5.75 Å². The molecule has 0 amide bonds. The minimum Gasteiger partial charge on any atom is -0.505 e. The summed E-state index contributed by atoms with van der Waals surface area (Å²) in [6.07, 6.45) is 1.63. The molecule has 0 aromatic heterocycles. The molecule has 0 bridgehead atoms. The van der Waals surface area contributed by atoms with E-state index in [1.165, 1.54) is 12.1 Å². The molecule has 1 aliphatic rings. The number of esters is 1. The van der Waals surface area contributed by atoms with Gasteiger partial charge in [-0.2, -0.15) is 0 Å². The van der Waals surface area contributed by atoms with Crippen LogP contribution in [0.2, 0.25) is 10.0 Å². The number of aromatic hydroxyl groups is 1. The molecular formula is C15H8Cl2O3. The average molecular weight is 307 g/mol. The van der Waals surface area contributed by atoms with Gasteiger partial charge in [0.15, 0.2) is 5.75 Å². The van der Waals surface area contributed by atoms with Crippen molar-refractivity contribution in [3.8, 4) is 11.5 Å². The van der Waals surface area contributed by atoms with Crippen LogP contribution in [0.5, 0.6) is 11.5 Å². The number of phenols is 1. The third-order valence-electron chi connectivity index (χ3n) is 2.95. The lowest BCUT2D eigenvalue weighted by Gasteiger charge is -2.02. The number of para-hydroxylation sites is 1. The van der Waals surface area contributed by atoms with E-state index in [2.05, 4.69) is 0 Å². The molecule has 0 saturated heterocycles. The van der Waals surface area contributed by atoms with Crippen LogP contribution < -0.4 is 4.74 Å². The number of phenolic OH excluding ortho intramolecular Hbond substituents is 1. The molecule has 20 heavy (non-hydrogen) atoms. The molecule has 0 saturated carbocycles. The molecule has 5 heteroatoms. The number of hydrogen-bond acceptors (Lipinski definition) is 3. The zero-order valence-corrected chi connectivity index (χ0v) is 11.6. The largest absolute Gasteiger partial charge is 0.505 e. The Morgan fingerprint density at radius 1 is 1.10 bits per heavy atom. The summed E-state index contributed by atoms with van der Waals surface area (Å²) >= 11 is 11.7. The molecule has 0 unspecified atom stereocenters. The van der Waals surface area contributed by atoms with Gasteiger partial charge in [0.2, 0.25) is 0 Å². The van der Waals surface area contributed by atoms with E-state index >= 15 is 0 Å². The molecule has 0 aliphatic carbocycles. The third kappa shape index (κ3) is 2.15. The van der Waals surface area contributed by atoms with Gasteiger partial charge in [0.05, 0.1) is 15.6 Å². The van der Waals surface area contributed by atoms with Gasteiger partial charge in [-0.25, -0.2) is 4.79 Å². The van der Waals surface area contributed by atoms with Crippen LogP contribution in [0.3, 0.4) is 0 Å². The van der Waals surface area contributed by atoms with E-state index in [4.69, 9.17) is 27.9 Å². The highest BCUT2D eigenvalue weighted by Gasteiger charge is 2.26. The zero-order chi connectivity index (χ0) is 14.3. The predicted octanol–water partition coefficient (Wildman–Crippen LogP) is 4.16. The van der Waals surface area contributed by atoms with Crippen LogP contribution >= 0.6 is 23.2 Å². The highest BCUT2D eigenvalue weighted by atomic mass is 35.5. The molecule has 1 aliphatic heterocycles. The molecule has 2 aromatic rings. The maximum absolute atomic E-state index is 11.9. The minimum absolute atomic E-state index is 0.129. The van der Waals surface area contributed by atoms with Crippen molar-refractivity contribution in [2.24, 2.45) is 0 Å². The lowest BCUT2D eigenvalue weighted by atomic mass is 10.0. The fraction of sp³-hybridized carbons (Fsp3) is 0. The summed E-state index contributed by atoms with van der Waals surface area (Å²) in [6.45, 7) is 0. The monoisotopic (exact) mass is 306 g/mol. The molecular weight excluding hydrogens is 299 g/mol. The van der Waals surface area contributed by atoms with E-state index in [1.807, 2.05) is 6.07 Å². The lowest BCUT2D eigenvalue weighted by molar-refractivity contribution is -0.126. The Balaban J connectivity index is 2.11. The molecule has 1 N–H and O–H groups in total. The van der Waals surface area contributed by atoms with Gasteiger partial charge in [-0.05, 0) is 29.8 Å². The summed E-state index contributed by atoms with van der Waals surface area (Å²) in [5.41, 5.74) is 1.76. The summed E-state index contributed by atoms with van der Waals surface area (Å²) in [7, 11) is 0. The van der Waals surface area contributed by atoms with Gasteiger partial charge in [-0.1, -0.05) is 41.4 Å². The van der Waals surface area contributed by atoms with Gasteiger partial charge in [0, 0.05) is 5.56 Å². The second kappa shape index (κ2) is 4.85. The van der Waals surface area contributed by atoms with E-state index in [0.29, 0.717) is 16.9 Å². The topological polar surface area (TPSA) is 46.5 Å². The second-order valence-electron chi connectivity index (χ2n) is 4.28. The normalized spacial score (nSPS) is 15.3. The van der Waals surface area contributed by atoms with Gasteiger partial charge >= 0.3 is 5.97 Å². The molecule has 0 spiro atoms. The quantitative estimate of drug-likeness (QED) is 0.489. The molecule has 100 valence electrons. The number of fused-ring (bicyclic) bond motifs is 1. The first kappa shape index (κ1) is 13.0. The summed E-state index contributed by atoms with van der Waals surface area (Å²) in [6, 6.07) is 10.2. The number of hydrogen-bond donors (Lipinski definition) is 1. The van der Waals surface area contributed by atoms with Crippen LogP contribution in [0.15, 0.2) is 36.4 Å². The average Bonchev–Trinajstić information content (AvgIpc) is 2.73. The standard InChI is InChI=1S/C15H8Cl2O3/c16-11-6-8(7-12(17)14(11)18)5-10-9-3-1-2-4-13(9)20-15(10)19/h1-7,18H/b10-5+. The second-order valence-corrected chi connectivity index (χ2v) is 5.09. The van der Waals surface area contributed by atoms with E-state index < -0.39 is 5.97 Å². The molecule has 0 radical (unpaired) electrons. The highest BCUT2D eigenvalue weighted by Crippen LogP contribution is 2.37. The minimum atomic E-state index is -0.425. The van der Waals surface area contributed by atoms with E-state index in [-0.39, 0.29) is 15.8 Å². The molecule has 0 atom stereocenters. The summed E-state index contributed by atoms with van der Waals surface area (Å²) in [5.74, 6) is -0.0730. The number of benzene rings is 2. The van der Waals surface area contributed by atoms with E-state index in [9.17, 15) is 9.90 Å².